The molecule has 2 aliphatic rings. The van der Waals surface area contributed by atoms with Gasteiger partial charge in [-0.15, -0.1) is 0 Å². The number of rotatable bonds is 5. The van der Waals surface area contributed by atoms with Crippen molar-refractivity contribution in [1.29, 1.82) is 0 Å². The molecule has 4 rings (SSSR count). The number of amides is 4. The number of fused-ring (bicyclic) bond motifs is 1. The third kappa shape index (κ3) is 4.21. The Balaban J connectivity index is 1.31. The normalized spacial score (nSPS) is 23.1. The Kier molecular flexibility index (Phi) is 5.58. The topological polar surface area (TPSA) is 118 Å². The Morgan fingerprint density at radius 3 is 2.74 bits per heavy atom. The summed E-state index contributed by atoms with van der Waals surface area (Å²) in [4.78, 5) is 53.7. The molecule has 0 bridgehead atoms. The number of urea groups is 1. The zero-order chi connectivity index (χ0) is 22.0. The van der Waals surface area contributed by atoms with E-state index in [4.69, 9.17) is 4.74 Å². The molecule has 0 unspecified atom stereocenters. The quantitative estimate of drug-likeness (QED) is 0.559. The minimum Gasteiger partial charge on any atom is -0.455 e. The highest BCUT2D eigenvalue weighted by atomic mass is 16.5. The van der Waals surface area contributed by atoms with Crippen molar-refractivity contribution >= 4 is 34.7 Å². The second kappa shape index (κ2) is 8.33. The number of carbonyl (C=O) groups is 4. The van der Waals surface area contributed by atoms with E-state index in [2.05, 4.69) is 22.7 Å². The van der Waals surface area contributed by atoms with Gasteiger partial charge in [-0.25, -0.2) is 4.79 Å². The van der Waals surface area contributed by atoms with Gasteiger partial charge in [0.15, 0.2) is 6.61 Å². The average molecular weight is 424 g/mol. The van der Waals surface area contributed by atoms with Crippen LogP contribution in [-0.4, -0.2) is 46.0 Å². The first kappa shape index (κ1) is 20.8. The maximum atomic E-state index is 12.8. The zero-order valence-electron chi connectivity index (χ0n) is 17.2. The van der Waals surface area contributed by atoms with Crippen LogP contribution < -0.4 is 10.7 Å². The third-order valence-corrected chi connectivity index (χ3v) is 5.94. The van der Waals surface area contributed by atoms with E-state index in [1.807, 2.05) is 24.3 Å². The molecule has 162 valence electrons. The van der Waals surface area contributed by atoms with Gasteiger partial charge in [0.1, 0.15) is 5.54 Å². The van der Waals surface area contributed by atoms with Crippen molar-refractivity contribution < 1.29 is 23.9 Å². The summed E-state index contributed by atoms with van der Waals surface area (Å²) < 4.78 is 5.04. The molecule has 1 aliphatic heterocycles. The number of benzene rings is 1. The average Bonchev–Trinajstić information content (AvgIpc) is 2.99. The molecule has 1 saturated carbocycles. The van der Waals surface area contributed by atoms with Gasteiger partial charge in [-0.2, -0.15) is 5.01 Å². The number of aromatic nitrogens is 1. The van der Waals surface area contributed by atoms with E-state index in [0.717, 1.165) is 18.2 Å². The van der Waals surface area contributed by atoms with Crippen LogP contribution in [0.5, 0.6) is 0 Å². The van der Waals surface area contributed by atoms with Crippen LogP contribution in [0.1, 0.15) is 38.2 Å². The highest BCUT2D eigenvalue weighted by molar-refractivity contribution is 6.08. The van der Waals surface area contributed by atoms with Gasteiger partial charge >= 0.3 is 12.0 Å². The Hall–Kier alpha value is -3.49. The Morgan fingerprint density at radius 2 is 1.97 bits per heavy atom. The first-order valence-electron chi connectivity index (χ1n) is 10.3. The molecule has 2 heterocycles. The van der Waals surface area contributed by atoms with Crippen molar-refractivity contribution in [1.82, 2.24) is 20.7 Å². The standard InChI is InChI=1S/C22H24N4O5/c1-14-7-9-22(10-8-14)20(29)26(21(30)24-22)25-17(27)13-31-18(28)12-16-5-2-4-15-6-3-11-23-19(15)16/h2-6,11,14H,7-10,12-13H2,1H3,(H,24,30)(H,25,27). The van der Waals surface area contributed by atoms with Crippen molar-refractivity contribution in [2.45, 2.75) is 44.6 Å². The van der Waals surface area contributed by atoms with Crippen LogP contribution in [0.25, 0.3) is 10.9 Å². The summed E-state index contributed by atoms with van der Waals surface area (Å²) in [5.41, 5.74) is 2.68. The van der Waals surface area contributed by atoms with E-state index in [1.54, 1.807) is 12.3 Å². The molecular formula is C22H24N4O5. The lowest BCUT2D eigenvalue weighted by molar-refractivity contribution is -0.150. The molecule has 0 radical (unpaired) electrons. The van der Waals surface area contributed by atoms with Gasteiger partial charge in [-0.3, -0.25) is 24.8 Å². The fourth-order valence-corrected chi connectivity index (χ4v) is 4.14. The fourth-order valence-electron chi connectivity index (χ4n) is 4.14. The van der Waals surface area contributed by atoms with Gasteiger partial charge in [0.25, 0.3) is 11.8 Å². The van der Waals surface area contributed by atoms with Gasteiger partial charge in [-0.1, -0.05) is 31.2 Å². The lowest BCUT2D eigenvalue weighted by atomic mass is 9.77. The van der Waals surface area contributed by atoms with Crippen LogP contribution in [0.4, 0.5) is 4.79 Å². The van der Waals surface area contributed by atoms with Crippen LogP contribution in [0, 0.1) is 5.92 Å². The molecule has 9 heteroatoms. The number of hydrogen-bond donors (Lipinski definition) is 2. The van der Waals surface area contributed by atoms with Crippen LogP contribution in [0.2, 0.25) is 0 Å². The summed E-state index contributed by atoms with van der Waals surface area (Å²) >= 11 is 0. The second-order valence-corrected chi connectivity index (χ2v) is 8.20. The van der Waals surface area contributed by atoms with Crippen molar-refractivity contribution in [2.75, 3.05) is 6.61 Å². The molecular weight excluding hydrogens is 400 g/mol. The molecule has 1 aromatic carbocycles. The molecule has 1 aliphatic carbocycles. The van der Waals surface area contributed by atoms with Gasteiger partial charge in [0.05, 0.1) is 11.9 Å². The van der Waals surface area contributed by atoms with Gasteiger partial charge in [0.2, 0.25) is 0 Å². The smallest absolute Gasteiger partial charge is 0.344 e. The van der Waals surface area contributed by atoms with E-state index in [-0.39, 0.29) is 6.42 Å². The summed E-state index contributed by atoms with van der Waals surface area (Å²) in [6.07, 6.45) is 4.33. The highest BCUT2D eigenvalue weighted by Crippen LogP contribution is 2.35. The molecule has 4 amide bonds. The number of esters is 1. The lowest BCUT2D eigenvalue weighted by Crippen LogP contribution is -2.52. The molecule has 2 aromatic rings. The summed E-state index contributed by atoms with van der Waals surface area (Å²) in [6, 6.07) is 8.52. The molecule has 9 nitrogen and oxygen atoms in total. The first-order chi connectivity index (χ1) is 14.9. The predicted octanol–water partition coefficient (Wildman–Crippen LogP) is 1.85. The Bertz CT molecular complexity index is 1040. The largest absolute Gasteiger partial charge is 0.455 e. The van der Waals surface area contributed by atoms with Crippen LogP contribution >= 0.6 is 0 Å². The third-order valence-electron chi connectivity index (χ3n) is 5.94. The van der Waals surface area contributed by atoms with Crippen molar-refractivity contribution in [3.05, 3.63) is 42.1 Å². The molecule has 2 N–H and O–H groups in total. The number of hydrazine groups is 1. The number of hydrogen-bond acceptors (Lipinski definition) is 6. The van der Waals surface area contributed by atoms with Crippen molar-refractivity contribution in [3.8, 4) is 0 Å². The molecule has 2 fully saturated rings. The predicted molar refractivity (Wildman–Crippen MR) is 110 cm³/mol. The van der Waals surface area contributed by atoms with Gasteiger partial charge < -0.3 is 10.1 Å². The summed E-state index contributed by atoms with van der Waals surface area (Å²) in [5, 5.41) is 4.31. The minimum atomic E-state index is -0.949. The lowest BCUT2D eigenvalue weighted by Gasteiger charge is -2.33. The Labute approximate surface area is 179 Å². The summed E-state index contributed by atoms with van der Waals surface area (Å²) in [6.45, 7) is 1.51. The number of para-hydroxylation sites is 1. The van der Waals surface area contributed by atoms with Crippen LogP contribution in [0.15, 0.2) is 36.5 Å². The zero-order valence-corrected chi connectivity index (χ0v) is 17.2. The first-order valence-corrected chi connectivity index (χ1v) is 10.3. The van der Waals surface area contributed by atoms with E-state index < -0.39 is 36.0 Å². The van der Waals surface area contributed by atoms with E-state index in [9.17, 15) is 19.2 Å². The second-order valence-electron chi connectivity index (χ2n) is 8.20. The van der Waals surface area contributed by atoms with E-state index in [1.165, 1.54) is 0 Å². The molecule has 0 atom stereocenters. The van der Waals surface area contributed by atoms with Crippen LogP contribution in [-0.2, 0) is 25.5 Å². The summed E-state index contributed by atoms with van der Waals surface area (Å²) in [7, 11) is 0. The summed E-state index contributed by atoms with van der Waals surface area (Å²) in [5.74, 6) is -1.33. The van der Waals surface area contributed by atoms with Crippen molar-refractivity contribution in [3.63, 3.8) is 0 Å². The molecule has 1 saturated heterocycles. The number of pyridine rings is 1. The number of ether oxygens (including phenoxy) is 1. The van der Waals surface area contributed by atoms with E-state index >= 15 is 0 Å². The maximum Gasteiger partial charge on any atom is 0.344 e. The highest BCUT2D eigenvalue weighted by Gasteiger charge is 2.52. The number of nitrogens with zero attached hydrogens (tertiary/aromatic N) is 2. The minimum absolute atomic E-state index is 0.0495. The van der Waals surface area contributed by atoms with Gasteiger partial charge in [0, 0.05) is 11.6 Å². The number of imide groups is 1. The Morgan fingerprint density at radius 1 is 1.23 bits per heavy atom. The van der Waals surface area contributed by atoms with Crippen molar-refractivity contribution in [2.24, 2.45) is 5.92 Å². The molecule has 31 heavy (non-hydrogen) atoms. The SMILES string of the molecule is CC1CCC2(CC1)NC(=O)N(NC(=O)COC(=O)Cc1cccc3cccnc13)C2=O. The molecule has 1 aromatic heterocycles. The number of nitrogens with one attached hydrogen (secondary N) is 2. The number of carbonyl (C=O) groups excluding carboxylic acids is 4. The van der Waals surface area contributed by atoms with E-state index in [0.29, 0.717) is 34.8 Å². The van der Waals surface area contributed by atoms with Gasteiger partial charge in [-0.05, 0) is 43.2 Å². The maximum absolute atomic E-state index is 12.8. The molecule has 1 spiro atoms. The monoisotopic (exact) mass is 424 g/mol. The van der Waals surface area contributed by atoms with Crippen LogP contribution in [0.3, 0.4) is 0 Å². The fraction of sp³-hybridized carbons (Fsp3) is 0.409.